The molecule has 0 aliphatic heterocycles. The van der Waals surface area contributed by atoms with E-state index in [0.717, 1.165) is 102 Å². The molecule has 0 aromatic rings. The summed E-state index contributed by atoms with van der Waals surface area (Å²) in [6, 6.07) is 0. The molecule has 0 heterocycles. The average Bonchev–Trinajstić information content (AvgIpc) is 1.05. The first-order chi connectivity index (χ1) is 49.4. The number of carbonyl (C=O) groups excluding carboxylic acids is 4. The molecular formula is C83H162O17P2. The second-order valence-electron chi connectivity index (χ2n) is 30.8. The molecule has 0 saturated heterocycles. The van der Waals surface area contributed by atoms with Gasteiger partial charge in [-0.15, -0.1) is 0 Å². The smallest absolute Gasteiger partial charge is 0.462 e. The first-order valence-electron chi connectivity index (χ1n) is 43.0. The van der Waals surface area contributed by atoms with Crippen molar-refractivity contribution >= 4 is 39.5 Å². The minimum Gasteiger partial charge on any atom is -0.462 e. The number of phosphoric ester groups is 2. The zero-order valence-electron chi connectivity index (χ0n) is 66.9. The maximum Gasteiger partial charge on any atom is 0.472 e. The van der Waals surface area contributed by atoms with Crippen molar-refractivity contribution in [2.75, 3.05) is 39.6 Å². The van der Waals surface area contributed by atoms with E-state index in [9.17, 15) is 43.2 Å². The van der Waals surface area contributed by atoms with Crippen LogP contribution in [0.4, 0.5) is 0 Å². The molecule has 0 fully saturated rings. The predicted molar refractivity (Wildman–Crippen MR) is 418 cm³/mol. The van der Waals surface area contributed by atoms with E-state index in [-0.39, 0.29) is 25.7 Å². The number of phosphoric acid groups is 2. The Morgan fingerprint density at radius 3 is 0.667 bits per heavy atom. The van der Waals surface area contributed by atoms with E-state index in [1.807, 2.05) is 0 Å². The number of ether oxygens (including phenoxy) is 4. The number of carbonyl (C=O) groups is 4. The van der Waals surface area contributed by atoms with Gasteiger partial charge in [0.15, 0.2) is 12.2 Å². The number of unbranched alkanes of at least 4 members (excludes halogenated alkanes) is 52. The third-order valence-corrected chi connectivity index (χ3v) is 21.4. The van der Waals surface area contributed by atoms with Gasteiger partial charge in [0.25, 0.3) is 0 Å². The maximum atomic E-state index is 13.1. The van der Waals surface area contributed by atoms with Crippen LogP contribution in [0.5, 0.6) is 0 Å². The molecule has 0 radical (unpaired) electrons. The van der Waals surface area contributed by atoms with Crippen molar-refractivity contribution in [1.82, 2.24) is 0 Å². The van der Waals surface area contributed by atoms with E-state index in [2.05, 4.69) is 41.5 Å². The molecule has 3 N–H and O–H groups in total. The Hall–Kier alpha value is -1.94. The summed E-state index contributed by atoms with van der Waals surface area (Å²) in [6.45, 7) is 9.65. The zero-order valence-corrected chi connectivity index (χ0v) is 68.7. The average molecular weight is 1490 g/mol. The number of hydrogen-bond donors (Lipinski definition) is 3. The number of esters is 4. The van der Waals surface area contributed by atoms with Gasteiger partial charge in [-0.25, -0.2) is 9.13 Å². The lowest BCUT2D eigenvalue weighted by molar-refractivity contribution is -0.161. The summed E-state index contributed by atoms with van der Waals surface area (Å²) in [4.78, 5) is 73.0. The molecule has 17 nitrogen and oxygen atoms in total. The normalized spacial score (nSPS) is 13.9. The van der Waals surface area contributed by atoms with Crippen molar-refractivity contribution in [1.29, 1.82) is 0 Å². The number of hydrogen-bond acceptors (Lipinski definition) is 15. The standard InChI is InChI=1S/C83H162O17P2/c1-7-9-11-13-15-17-19-20-21-22-23-27-30-33-36-42-48-54-60-66-81(86)94-72-78(99-82(87)67-61-55-49-43-37-34-31-28-25-24-26-29-32-35-39-45-51-57-63-75(3)4)73-97-101(89,90)95-69-77(84)70-96-102(91,92)98-74-79(71-93-80(85)65-59-53-47-41-18-16-14-12-10-8-2)100-83(88)68-62-56-50-44-38-40-46-52-58-64-76(5)6/h75-79,84H,7-74H2,1-6H3,(H,89,90)(H,91,92)/t77-,78-,79-/m1/s1. The van der Waals surface area contributed by atoms with Crippen molar-refractivity contribution in [3.05, 3.63) is 0 Å². The van der Waals surface area contributed by atoms with E-state index < -0.39 is 97.5 Å². The van der Waals surface area contributed by atoms with Crippen molar-refractivity contribution < 1.29 is 80.2 Å². The summed E-state index contributed by atoms with van der Waals surface area (Å²) < 4.78 is 68.7. The summed E-state index contributed by atoms with van der Waals surface area (Å²) in [7, 11) is -9.92. The van der Waals surface area contributed by atoms with Crippen molar-refractivity contribution in [3.8, 4) is 0 Å². The Bertz CT molecular complexity index is 1960. The fourth-order valence-electron chi connectivity index (χ4n) is 12.9. The van der Waals surface area contributed by atoms with E-state index in [1.165, 1.54) is 257 Å². The number of aliphatic hydroxyl groups is 1. The van der Waals surface area contributed by atoms with Gasteiger partial charge in [-0.1, -0.05) is 388 Å². The van der Waals surface area contributed by atoms with Crippen LogP contribution < -0.4 is 0 Å². The fourth-order valence-corrected chi connectivity index (χ4v) is 14.5. The highest BCUT2D eigenvalue weighted by Gasteiger charge is 2.30. The summed E-state index contributed by atoms with van der Waals surface area (Å²) >= 11 is 0. The van der Waals surface area contributed by atoms with Gasteiger partial charge in [0, 0.05) is 25.7 Å². The van der Waals surface area contributed by atoms with Crippen LogP contribution in [0.1, 0.15) is 440 Å². The molecule has 2 unspecified atom stereocenters. The van der Waals surface area contributed by atoms with Crippen molar-refractivity contribution in [2.45, 2.75) is 458 Å². The van der Waals surface area contributed by atoms with Crippen LogP contribution in [0.25, 0.3) is 0 Å². The van der Waals surface area contributed by atoms with Crippen LogP contribution in [0.3, 0.4) is 0 Å². The molecule has 102 heavy (non-hydrogen) atoms. The maximum absolute atomic E-state index is 13.1. The van der Waals surface area contributed by atoms with Crippen LogP contribution >= 0.6 is 15.6 Å². The number of rotatable bonds is 82. The van der Waals surface area contributed by atoms with Crippen molar-refractivity contribution in [2.24, 2.45) is 11.8 Å². The molecule has 606 valence electrons. The summed E-state index contributed by atoms with van der Waals surface area (Å²) in [5.41, 5.74) is 0. The zero-order chi connectivity index (χ0) is 74.9. The van der Waals surface area contributed by atoms with E-state index in [0.29, 0.717) is 25.7 Å². The van der Waals surface area contributed by atoms with Gasteiger partial charge in [-0.2, -0.15) is 0 Å². The molecule has 0 rings (SSSR count). The first kappa shape index (κ1) is 100. The van der Waals surface area contributed by atoms with Crippen LogP contribution in [-0.2, 0) is 65.4 Å². The van der Waals surface area contributed by atoms with Gasteiger partial charge in [0.05, 0.1) is 26.4 Å². The second-order valence-corrected chi connectivity index (χ2v) is 33.7. The van der Waals surface area contributed by atoms with Crippen LogP contribution in [0.2, 0.25) is 0 Å². The lowest BCUT2D eigenvalue weighted by atomic mass is 10.0. The molecular weight excluding hydrogens is 1330 g/mol. The Kier molecular flexibility index (Phi) is 73.1. The van der Waals surface area contributed by atoms with E-state index in [1.54, 1.807) is 0 Å². The molecule has 5 atom stereocenters. The first-order valence-corrected chi connectivity index (χ1v) is 46.0. The van der Waals surface area contributed by atoms with Crippen LogP contribution in [-0.4, -0.2) is 96.7 Å². The highest BCUT2D eigenvalue weighted by Crippen LogP contribution is 2.45. The highest BCUT2D eigenvalue weighted by atomic mass is 31.2. The Morgan fingerprint density at radius 2 is 0.451 bits per heavy atom. The second kappa shape index (κ2) is 74.5. The SMILES string of the molecule is CCCCCCCCCCCCCCCCCCCCCC(=O)OC[C@H](COP(=O)(O)OC[C@@H](O)COP(=O)(O)OC[C@@H](COC(=O)CCCCCCCCCCCC)OC(=O)CCCCCCCCCCCC(C)C)OC(=O)CCCCCCCCCCCCCCCCCCCCC(C)C. The molecule has 0 aromatic carbocycles. The summed E-state index contributed by atoms with van der Waals surface area (Å²) in [5, 5.41) is 10.6. The van der Waals surface area contributed by atoms with Gasteiger partial charge in [-0.3, -0.25) is 37.3 Å². The lowest BCUT2D eigenvalue weighted by Gasteiger charge is -2.21. The molecule has 0 aliphatic carbocycles. The van der Waals surface area contributed by atoms with Gasteiger partial charge in [0.1, 0.15) is 19.3 Å². The van der Waals surface area contributed by atoms with Gasteiger partial charge in [0.2, 0.25) is 0 Å². The third kappa shape index (κ3) is 76.3. The molecule has 0 aliphatic rings. The van der Waals surface area contributed by atoms with Gasteiger partial charge >= 0.3 is 39.5 Å². The molecule has 0 spiro atoms. The number of aliphatic hydroxyl groups excluding tert-OH is 1. The molecule has 0 bridgehead atoms. The van der Waals surface area contributed by atoms with E-state index in [4.69, 9.17) is 37.0 Å². The Labute approximate surface area is 626 Å². The quantitative estimate of drug-likeness (QED) is 0.0222. The van der Waals surface area contributed by atoms with Gasteiger partial charge in [-0.05, 0) is 37.5 Å². The third-order valence-electron chi connectivity index (χ3n) is 19.5. The summed E-state index contributed by atoms with van der Waals surface area (Å²) in [5.74, 6) is -0.551. The minimum absolute atomic E-state index is 0.106. The fraction of sp³-hybridized carbons (Fsp3) is 0.952. The Morgan fingerprint density at radius 1 is 0.265 bits per heavy atom. The monoisotopic (exact) mass is 1490 g/mol. The molecule has 19 heteroatoms. The largest absolute Gasteiger partial charge is 0.472 e. The molecule has 0 aromatic heterocycles. The van der Waals surface area contributed by atoms with Crippen LogP contribution in [0, 0.1) is 11.8 Å². The minimum atomic E-state index is -4.96. The lowest BCUT2D eigenvalue weighted by Crippen LogP contribution is -2.30. The van der Waals surface area contributed by atoms with Gasteiger partial charge < -0.3 is 33.8 Å². The van der Waals surface area contributed by atoms with E-state index >= 15 is 0 Å². The van der Waals surface area contributed by atoms with Crippen molar-refractivity contribution in [3.63, 3.8) is 0 Å². The topological polar surface area (TPSA) is 237 Å². The summed E-state index contributed by atoms with van der Waals surface area (Å²) in [6.07, 6.45) is 65.4. The van der Waals surface area contributed by atoms with Crippen LogP contribution in [0.15, 0.2) is 0 Å². The highest BCUT2D eigenvalue weighted by molar-refractivity contribution is 7.47. The molecule has 0 saturated carbocycles. The Balaban J connectivity index is 5.21. The predicted octanol–water partition coefficient (Wildman–Crippen LogP) is 25.1. The molecule has 0 amide bonds.